The van der Waals surface area contributed by atoms with Gasteiger partial charge in [0.15, 0.2) is 35.7 Å². The molecule has 28 heavy (non-hydrogen) atoms. The molecule has 0 saturated carbocycles. The van der Waals surface area contributed by atoms with E-state index in [0.29, 0.717) is 0 Å². The molecule has 2 heterocycles. The van der Waals surface area contributed by atoms with Crippen molar-refractivity contribution >= 4 is 21.9 Å². The average molecular weight is 457 g/mol. The van der Waals surface area contributed by atoms with Crippen molar-refractivity contribution in [2.45, 2.75) is 12.8 Å². The van der Waals surface area contributed by atoms with E-state index in [1.54, 1.807) is 0 Å². The van der Waals surface area contributed by atoms with Gasteiger partial charge in [-0.3, -0.25) is 4.98 Å². The lowest BCUT2D eigenvalue weighted by Gasteiger charge is -2.08. The average Bonchev–Trinajstić information content (AvgIpc) is 2.71. The largest absolute Gasteiger partial charge is 0.545 e. The number of pyridine rings is 2. The van der Waals surface area contributed by atoms with Crippen molar-refractivity contribution < 1.29 is 32.4 Å². The number of carboxylic acids is 1. The Bertz CT molecular complexity index is 889. The number of nitrogens with one attached hydrogen (secondary N) is 1. The highest BCUT2D eigenvalue weighted by Crippen LogP contribution is 2.27. The Morgan fingerprint density at radius 2 is 1.36 bits per heavy atom. The van der Waals surface area contributed by atoms with Gasteiger partial charge < -0.3 is 9.90 Å². The lowest BCUT2D eigenvalue weighted by molar-refractivity contribution is -0.378. The minimum atomic E-state index is -2.33. The van der Waals surface area contributed by atoms with E-state index in [4.69, 9.17) is 0 Å². The van der Waals surface area contributed by atoms with Crippen molar-refractivity contribution in [3.63, 3.8) is 0 Å². The maximum absolute atomic E-state index is 12.7. The van der Waals surface area contributed by atoms with Gasteiger partial charge >= 0.3 is 0 Å². The van der Waals surface area contributed by atoms with Gasteiger partial charge in [0.1, 0.15) is 0 Å². The summed E-state index contributed by atoms with van der Waals surface area (Å²) in [4.78, 5) is 17.1. The number of halogens is 5. The van der Waals surface area contributed by atoms with Crippen LogP contribution in [0, 0.1) is 23.3 Å². The van der Waals surface area contributed by atoms with Crippen molar-refractivity contribution in [1.82, 2.24) is 4.98 Å². The highest BCUT2D eigenvalue weighted by atomic mass is 79.9. The smallest absolute Gasteiger partial charge is 0.176 e. The molecule has 1 N–H and O–H groups in total. The van der Waals surface area contributed by atoms with Crippen LogP contribution in [0.2, 0.25) is 0 Å². The summed E-state index contributed by atoms with van der Waals surface area (Å²) in [6.45, 7) is 0. The van der Waals surface area contributed by atoms with Crippen LogP contribution in [-0.4, -0.2) is 11.0 Å². The lowest BCUT2D eigenvalue weighted by atomic mass is 10.1. The van der Waals surface area contributed by atoms with E-state index in [1.165, 1.54) is 11.1 Å². The molecule has 2 aromatic heterocycles. The van der Waals surface area contributed by atoms with Crippen LogP contribution in [0.1, 0.15) is 21.5 Å². The highest BCUT2D eigenvalue weighted by molar-refractivity contribution is 9.10. The van der Waals surface area contributed by atoms with Crippen LogP contribution in [0.5, 0.6) is 0 Å². The molecular weight excluding hydrogens is 444 g/mol. The number of hydrogen-bond acceptors (Lipinski definition) is 3. The molecule has 1 aromatic carbocycles. The van der Waals surface area contributed by atoms with Crippen molar-refractivity contribution in [2.24, 2.45) is 0 Å². The topological polar surface area (TPSA) is 67.2 Å². The Morgan fingerprint density at radius 1 is 0.893 bits per heavy atom. The van der Waals surface area contributed by atoms with Crippen LogP contribution >= 0.6 is 15.9 Å². The first-order valence-corrected chi connectivity index (χ1v) is 8.69. The number of benzene rings is 1. The normalized spacial score (nSPS) is 10.2. The van der Waals surface area contributed by atoms with Crippen LogP contribution in [-0.2, 0) is 12.8 Å². The second kappa shape index (κ2) is 9.93. The van der Waals surface area contributed by atoms with Crippen LogP contribution in [0.15, 0.2) is 53.5 Å². The standard InChI is InChI=1S/C12H12N2.C7HBrF4O2/c1(11-3-7-13-8-4-11)2-12-5-9-14-10-6-12;8-2-5(11)3(9)1(7(13)14)4(10)6(2)12/h3-10H,1-2H2;(H,13,14). The number of aryl methyl sites for hydroxylation is 2. The summed E-state index contributed by atoms with van der Waals surface area (Å²) < 4.78 is 49.7. The number of aromatic amines is 1. The van der Waals surface area contributed by atoms with Crippen molar-refractivity contribution in [3.8, 4) is 0 Å². The van der Waals surface area contributed by atoms with E-state index in [9.17, 15) is 27.5 Å². The SMILES string of the molecule is O=C([O-])c1c(F)c(F)c(Br)c(F)c1F.c1cc(CCc2cc[nH+]cc2)ccn1. The van der Waals surface area contributed by atoms with Gasteiger partial charge in [0.2, 0.25) is 0 Å². The van der Waals surface area contributed by atoms with Gasteiger partial charge in [-0.05, 0) is 52.0 Å². The summed E-state index contributed by atoms with van der Waals surface area (Å²) in [6.07, 6.45) is 9.76. The van der Waals surface area contributed by atoms with E-state index in [2.05, 4.69) is 50.2 Å². The minimum absolute atomic E-state index is 1.08. The number of hydrogen-bond donors (Lipinski definition) is 0. The fourth-order valence-electron chi connectivity index (χ4n) is 2.21. The highest BCUT2D eigenvalue weighted by Gasteiger charge is 2.24. The van der Waals surface area contributed by atoms with E-state index >= 15 is 0 Å². The van der Waals surface area contributed by atoms with E-state index in [0.717, 1.165) is 12.8 Å². The molecular formula is C19H13BrF4N2O2. The molecule has 0 aliphatic rings. The molecule has 0 spiro atoms. The molecule has 9 heteroatoms. The zero-order valence-corrected chi connectivity index (χ0v) is 15.8. The van der Waals surface area contributed by atoms with Crippen molar-refractivity contribution in [2.75, 3.05) is 0 Å². The summed E-state index contributed by atoms with van der Waals surface area (Å²) in [5.74, 6) is -9.97. The Morgan fingerprint density at radius 3 is 1.82 bits per heavy atom. The number of carbonyl (C=O) groups is 1. The zero-order chi connectivity index (χ0) is 20.7. The zero-order valence-electron chi connectivity index (χ0n) is 14.2. The second-order valence-corrected chi connectivity index (χ2v) is 6.29. The van der Waals surface area contributed by atoms with Gasteiger partial charge in [0.05, 0.1) is 16.0 Å². The summed E-state index contributed by atoms with van der Waals surface area (Å²) in [6, 6.07) is 8.35. The van der Waals surface area contributed by atoms with Gasteiger partial charge in [0, 0.05) is 24.5 Å². The fraction of sp³-hybridized carbons (Fsp3) is 0.105. The maximum Gasteiger partial charge on any atom is 0.176 e. The molecule has 0 radical (unpaired) electrons. The van der Waals surface area contributed by atoms with E-state index < -0.39 is 39.3 Å². The molecule has 0 unspecified atom stereocenters. The predicted molar refractivity (Wildman–Crippen MR) is 92.9 cm³/mol. The number of aromatic carboxylic acids is 1. The van der Waals surface area contributed by atoms with E-state index in [-0.39, 0.29) is 0 Å². The summed E-state index contributed by atoms with van der Waals surface area (Å²) in [5, 5.41) is 10.1. The van der Waals surface area contributed by atoms with Gasteiger partial charge in [-0.15, -0.1) is 0 Å². The van der Waals surface area contributed by atoms with Gasteiger partial charge in [-0.2, -0.15) is 0 Å². The first-order chi connectivity index (χ1) is 13.3. The molecule has 0 saturated heterocycles. The van der Waals surface area contributed by atoms with Crippen molar-refractivity contribution in [1.29, 1.82) is 0 Å². The minimum Gasteiger partial charge on any atom is -0.545 e. The Balaban J connectivity index is 0.000000200. The third-order valence-corrected chi connectivity index (χ3v) is 4.35. The van der Waals surface area contributed by atoms with Crippen LogP contribution < -0.4 is 10.1 Å². The van der Waals surface area contributed by atoms with E-state index in [1.807, 2.05) is 24.8 Å². The molecule has 0 aliphatic heterocycles. The molecule has 3 rings (SSSR count). The number of nitrogens with zero attached hydrogens (tertiary/aromatic N) is 1. The van der Waals surface area contributed by atoms with Gasteiger partial charge in [-0.25, -0.2) is 22.5 Å². The number of carboxylic acid groups (broad SMARTS) is 1. The molecule has 0 aliphatic carbocycles. The molecule has 146 valence electrons. The van der Waals surface area contributed by atoms with Crippen LogP contribution in [0.3, 0.4) is 0 Å². The van der Waals surface area contributed by atoms with Crippen molar-refractivity contribution in [3.05, 3.63) is 93.5 Å². The van der Waals surface area contributed by atoms with Gasteiger partial charge in [-0.1, -0.05) is 0 Å². The number of aromatic nitrogens is 2. The second-order valence-electron chi connectivity index (χ2n) is 5.50. The molecule has 0 bridgehead atoms. The van der Waals surface area contributed by atoms with Crippen LogP contribution in [0.4, 0.5) is 17.6 Å². The lowest BCUT2D eigenvalue weighted by Crippen LogP contribution is -2.26. The molecule has 4 nitrogen and oxygen atoms in total. The Labute approximate surface area is 166 Å². The first-order valence-electron chi connectivity index (χ1n) is 7.89. The number of rotatable bonds is 4. The van der Waals surface area contributed by atoms with Crippen LogP contribution in [0.25, 0.3) is 0 Å². The quantitative estimate of drug-likeness (QED) is 0.344. The molecule has 3 aromatic rings. The van der Waals surface area contributed by atoms with Gasteiger partial charge in [0.25, 0.3) is 0 Å². The first kappa shape index (κ1) is 21.5. The Hall–Kier alpha value is -2.81. The molecule has 0 atom stereocenters. The Kier molecular flexibility index (Phi) is 7.62. The fourth-order valence-corrected chi connectivity index (χ4v) is 2.56. The molecule has 0 fully saturated rings. The number of H-pyrrole nitrogens is 1. The maximum atomic E-state index is 12.7. The summed E-state index contributed by atoms with van der Waals surface area (Å²) in [7, 11) is 0. The summed E-state index contributed by atoms with van der Waals surface area (Å²) in [5.41, 5.74) is 0.941. The monoisotopic (exact) mass is 456 g/mol. The summed E-state index contributed by atoms with van der Waals surface area (Å²) >= 11 is 2.22. The third kappa shape index (κ3) is 5.35. The molecule has 0 amide bonds. The predicted octanol–water partition coefficient (Wildman–Crippen LogP) is 3.05. The third-order valence-electron chi connectivity index (χ3n) is 3.65. The number of carbonyl (C=O) groups excluding carboxylic acids is 1.